The Labute approximate surface area is 115 Å². The van der Waals surface area contributed by atoms with E-state index >= 15 is 0 Å². The molecule has 1 fully saturated rings. The van der Waals surface area contributed by atoms with Crippen LogP contribution >= 0.6 is 0 Å². The molecule has 2 unspecified atom stereocenters. The summed E-state index contributed by atoms with van der Waals surface area (Å²) in [6.07, 6.45) is 3.67. The number of hydrogen-bond acceptors (Lipinski definition) is 2. The van der Waals surface area contributed by atoms with Gasteiger partial charge in [-0.25, -0.2) is 4.79 Å². The molecule has 0 saturated carbocycles. The summed E-state index contributed by atoms with van der Waals surface area (Å²) in [6.45, 7) is 6.75. The molecular formula is C14H26N2O3. The molecule has 1 aliphatic rings. The van der Waals surface area contributed by atoms with E-state index in [0.29, 0.717) is 24.8 Å². The molecule has 5 nitrogen and oxygen atoms in total. The molecule has 0 bridgehead atoms. The maximum Gasteiger partial charge on any atom is 0.317 e. The van der Waals surface area contributed by atoms with Crippen molar-refractivity contribution >= 4 is 12.0 Å². The number of carbonyl (C=O) groups is 2. The van der Waals surface area contributed by atoms with E-state index in [1.807, 2.05) is 4.90 Å². The molecule has 0 aromatic heterocycles. The Kier molecular flexibility index (Phi) is 6.67. The first-order valence-corrected chi connectivity index (χ1v) is 7.25. The summed E-state index contributed by atoms with van der Waals surface area (Å²) in [7, 11) is 0. The minimum absolute atomic E-state index is 0.0250. The van der Waals surface area contributed by atoms with E-state index in [0.717, 1.165) is 32.4 Å². The minimum Gasteiger partial charge on any atom is -0.481 e. The smallest absolute Gasteiger partial charge is 0.317 e. The highest BCUT2D eigenvalue weighted by molar-refractivity contribution is 5.74. The molecular weight excluding hydrogens is 244 g/mol. The summed E-state index contributed by atoms with van der Waals surface area (Å²) in [5, 5.41) is 11.4. The monoisotopic (exact) mass is 270 g/mol. The van der Waals surface area contributed by atoms with Crippen molar-refractivity contribution in [3.05, 3.63) is 0 Å². The predicted molar refractivity (Wildman–Crippen MR) is 74.0 cm³/mol. The van der Waals surface area contributed by atoms with Crippen LogP contribution in [0.25, 0.3) is 0 Å². The van der Waals surface area contributed by atoms with Gasteiger partial charge in [0.25, 0.3) is 0 Å². The molecule has 2 atom stereocenters. The Morgan fingerprint density at radius 3 is 2.58 bits per heavy atom. The molecule has 1 saturated heterocycles. The van der Waals surface area contributed by atoms with Crippen molar-refractivity contribution in [3.8, 4) is 0 Å². The zero-order valence-electron chi connectivity index (χ0n) is 12.0. The fourth-order valence-electron chi connectivity index (χ4n) is 2.33. The first-order chi connectivity index (χ1) is 9.00. The van der Waals surface area contributed by atoms with Gasteiger partial charge in [-0.3, -0.25) is 4.79 Å². The number of amides is 2. The molecule has 19 heavy (non-hydrogen) atoms. The largest absolute Gasteiger partial charge is 0.481 e. The van der Waals surface area contributed by atoms with Crippen LogP contribution in [0.5, 0.6) is 0 Å². The molecule has 110 valence electrons. The molecule has 1 aliphatic heterocycles. The molecule has 5 heteroatoms. The zero-order chi connectivity index (χ0) is 14.3. The lowest BCUT2D eigenvalue weighted by molar-refractivity contribution is -0.137. The Bertz CT molecular complexity index is 307. The van der Waals surface area contributed by atoms with Crippen LogP contribution in [-0.4, -0.2) is 41.6 Å². The maximum absolute atomic E-state index is 11.9. The van der Waals surface area contributed by atoms with Gasteiger partial charge in [-0.05, 0) is 31.1 Å². The summed E-state index contributed by atoms with van der Waals surface area (Å²) in [6, 6.07) is 0.0250. The lowest BCUT2D eigenvalue weighted by Crippen LogP contribution is -2.47. The van der Waals surface area contributed by atoms with Gasteiger partial charge in [-0.2, -0.15) is 0 Å². The van der Waals surface area contributed by atoms with Gasteiger partial charge >= 0.3 is 12.0 Å². The van der Waals surface area contributed by atoms with Crippen LogP contribution in [0, 0.1) is 11.8 Å². The lowest BCUT2D eigenvalue weighted by Gasteiger charge is -2.35. The number of likely N-dealkylation sites (tertiary alicyclic amines) is 1. The topological polar surface area (TPSA) is 69.6 Å². The highest BCUT2D eigenvalue weighted by Gasteiger charge is 2.25. The number of urea groups is 1. The van der Waals surface area contributed by atoms with Crippen molar-refractivity contribution in [2.75, 3.05) is 19.6 Å². The van der Waals surface area contributed by atoms with Crippen molar-refractivity contribution in [2.24, 2.45) is 11.8 Å². The molecule has 1 rings (SSSR count). The fourth-order valence-corrected chi connectivity index (χ4v) is 2.33. The van der Waals surface area contributed by atoms with Gasteiger partial charge < -0.3 is 15.3 Å². The summed E-state index contributed by atoms with van der Waals surface area (Å²) in [5.74, 6) is 0.510. The average molecular weight is 270 g/mol. The summed E-state index contributed by atoms with van der Waals surface area (Å²) in [4.78, 5) is 24.1. The Balaban J connectivity index is 2.09. The molecule has 0 spiro atoms. The SMILES string of the molecule is CC1CCN(C(=O)NCCCCCC(=O)O)CC1C. The quantitative estimate of drug-likeness (QED) is 0.728. The Hall–Kier alpha value is -1.26. The zero-order valence-corrected chi connectivity index (χ0v) is 12.0. The average Bonchev–Trinajstić information content (AvgIpc) is 2.36. The third-order valence-electron chi connectivity index (χ3n) is 3.96. The molecule has 2 N–H and O–H groups in total. The molecule has 0 aliphatic carbocycles. The third kappa shape index (κ3) is 5.94. The number of unbranched alkanes of at least 4 members (excludes halogenated alkanes) is 2. The fraction of sp³-hybridized carbons (Fsp3) is 0.857. The van der Waals surface area contributed by atoms with Crippen molar-refractivity contribution in [2.45, 2.75) is 46.0 Å². The Morgan fingerprint density at radius 1 is 1.21 bits per heavy atom. The number of hydrogen-bond donors (Lipinski definition) is 2. The summed E-state index contributed by atoms with van der Waals surface area (Å²) < 4.78 is 0. The van der Waals surface area contributed by atoms with Crippen LogP contribution in [0.3, 0.4) is 0 Å². The van der Waals surface area contributed by atoms with Gasteiger partial charge in [0.1, 0.15) is 0 Å². The van der Waals surface area contributed by atoms with Gasteiger partial charge in [-0.15, -0.1) is 0 Å². The van der Waals surface area contributed by atoms with E-state index in [2.05, 4.69) is 19.2 Å². The van der Waals surface area contributed by atoms with Gasteiger partial charge in [-0.1, -0.05) is 20.3 Å². The van der Waals surface area contributed by atoms with Crippen molar-refractivity contribution in [1.82, 2.24) is 10.2 Å². The number of piperidine rings is 1. The molecule has 0 radical (unpaired) electrons. The maximum atomic E-state index is 11.9. The van der Waals surface area contributed by atoms with E-state index in [-0.39, 0.29) is 12.5 Å². The van der Waals surface area contributed by atoms with Gasteiger partial charge in [0, 0.05) is 26.1 Å². The second kappa shape index (κ2) is 8.02. The van der Waals surface area contributed by atoms with E-state index in [1.54, 1.807) is 0 Å². The standard InChI is InChI=1S/C14H26N2O3/c1-11-7-9-16(10-12(11)2)14(19)15-8-5-3-4-6-13(17)18/h11-12H,3-10H2,1-2H3,(H,15,19)(H,17,18). The highest BCUT2D eigenvalue weighted by Crippen LogP contribution is 2.22. The number of carbonyl (C=O) groups excluding carboxylic acids is 1. The van der Waals surface area contributed by atoms with Crippen LogP contribution < -0.4 is 5.32 Å². The van der Waals surface area contributed by atoms with Crippen LogP contribution in [0.15, 0.2) is 0 Å². The summed E-state index contributed by atoms with van der Waals surface area (Å²) >= 11 is 0. The van der Waals surface area contributed by atoms with Crippen LogP contribution in [0.4, 0.5) is 4.79 Å². The highest BCUT2D eigenvalue weighted by atomic mass is 16.4. The van der Waals surface area contributed by atoms with Gasteiger partial charge in [0.15, 0.2) is 0 Å². The Morgan fingerprint density at radius 2 is 1.95 bits per heavy atom. The number of carboxylic acids is 1. The van der Waals surface area contributed by atoms with Gasteiger partial charge in [0.05, 0.1) is 0 Å². The minimum atomic E-state index is -0.750. The summed E-state index contributed by atoms with van der Waals surface area (Å²) in [5.41, 5.74) is 0. The first kappa shape index (κ1) is 15.8. The van der Waals surface area contributed by atoms with E-state index in [1.165, 1.54) is 0 Å². The van der Waals surface area contributed by atoms with E-state index in [9.17, 15) is 9.59 Å². The first-order valence-electron chi connectivity index (χ1n) is 7.25. The molecule has 0 aromatic rings. The number of rotatable bonds is 6. The number of carboxylic acid groups (broad SMARTS) is 1. The third-order valence-corrected chi connectivity index (χ3v) is 3.96. The second-order valence-corrected chi connectivity index (χ2v) is 5.63. The molecule has 1 heterocycles. The molecule has 0 aromatic carbocycles. The van der Waals surface area contributed by atoms with Crippen LogP contribution in [0.1, 0.15) is 46.0 Å². The predicted octanol–water partition coefficient (Wildman–Crippen LogP) is 2.32. The number of nitrogens with zero attached hydrogens (tertiary/aromatic N) is 1. The lowest BCUT2D eigenvalue weighted by atomic mass is 9.89. The van der Waals surface area contributed by atoms with Gasteiger partial charge in [0.2, 0.25) is 0 Å². The van der Waals surface area contributed by atoms with Crippen molar-refractivity contribution < 1.29 is 14.7 Å². The molecule has 2 amide bonds. The number of aliphatic carboxylic acids is 1. The normalized spacial score (nSPS) is 23.2. The van der Waals surface area contributed by atoms with Crippen molar-refractivity contribution in [3.63, 3.8) is 0 Å². The van der Waals surface area contributed by atoms with Crippen LogP contribution in [-0.2, 0) is 4.79 Å². The van der Waals surface area contributed by atoms with E-state index < -0.39 is 5.97 Å². The van der Waals surface area contributed by atoms with Crippen molar-refractivity contribution in [1.29, 1.82) is 0 Å². The van der Waals surface area contributed by atoms with E-state index in [4.69, 9.17) is 5.11 Å². The second-order valence-electron chi connectivity index (χ2n) is 5.63. The van der Waals surface area contributed by atoms with Crippen LogP contribution in [0.2, 0.25) is 0 Å². The number of nitrogens with one attached hydrogen (secondary N) is 1.